The SMILES string of the molecule is FC(F)(F)c1ccc2c3cnccc3n(-c3cccc(-c4cc(-c5ccccn5)nc(-c5cccc6ccccc56)c4)c3)c2c1.c1ccc(-c2cc(-c3ccc4ccccc4c3)cc(-c3ccc(-n4c5ccccc5c5cccnc54)cc3)n2)nc1.c1ccc(-c2cc(-c3cccc(-n4c5ccccc5c5ncccc54)c3)cc(-c3cccc4ccccc34)n2)nc1. The van der Waals surface area contributed by atoms with Gasteiger partial charge in [0.05, 0.1) is 89.9 Å². The van der Waals surface area contributed by atoms with Crippen LogP contribution in [0.5, 0.6) is 0 Å². The first-order valence-corrected chi connectivity index (χ1v) is 41.8. The van der Waals surface area contributed by atoms with Crippen molar-refractivity contribution < 1.29 is 13.2 Å². The van der Waals surface area contributed by atoms with Crippen LogP contribution in [0.3, 0.4) is 0 Å². The Labute approximate surface area is 726 Å². The number of nitrogens with zero attached hydrogens (tertiary/aromatic N) is 12. The van der Waals surface area contributed by atoms with Crippen molar-refractivity contribution in [2.45, 2.75) is 6.18 Å². The van der Waals surface area contributed by atoms with Crippen molar-refractivity contribution in [3.05, 3.63) is 437 Å². The van der Waals surface area contributed by atoms with Crippen molar-refractivity contribution in [3.63, 3.8) is 0 Å². The fourth-order valence-corrected chi connectivity index (χ4v) is 17.6. The standard InChI is InChI=1S/C38H23F3N4.2C37H24N4/c39-38(40,41)27-14-15-31-32-23-42-18-16-36(32)45(37(31)22-27)28-10-5-9-25(19-28)26-20-34(44-35(21-26)33-13-3-4-17-43-33)30-12-6-8-24-7-1-2-11-29(24)30;1-2-14-29-25(10-1)11-8-16-30(29)33-23-27(24-34(40-33)32-17-5-6-20-38-32)26-12-7-13-28(22-26)41-35-18-4-3-15-31(35)37-36(41)19-9-21-39-37;1-2-9-27-22-28(15-14-25(27)8-1)29-23-34(40-35(24-29)33-12-5-6-20-38-33)26-16-18-30(19-17-26)41-36-13-4-3-10-31(36)32-11-7-21-39-37(32)41/h1-23H;2*1-24H. The van der Waals surface area contributed by atoms with E-state index < -0.39 is 11.7 Å². The summed E-state index contributed by atoms with van der Waals surface area (Å²) in [6, 6.07) is 131. The Morgan fingerprint density at radius 3 is 1.25 bits per heavy atom. The van der Waals surface area contributed by atoms with E-state index in [0.29, 0.717) is 10.9 Å². The van der Waals surface area contributed by atoms with Crippen LogP contribution in [-0.2, 0) is 6.18 Å². The van der Waals surface area contributed by atoms with Gasteiger partial charge in [0.25, 0.3) is 0 Å². The Balaban J connectivity index is 0.000000113. The van der Waals surface area contributed by atoms with E-state index >= 15 is 0 Å². The van der Waals surface area contributed by atoms with E-state index in [4.69, 9.17) is 24.9 Å². The van der Waals surface area contributed by atoms with Crippen LogP contribution in [0.2, 0.25) is 0 Å². The molecule has 12 heterocycles. The summed E-state index contributed by atoms with van der Waals surface area (Å²) in [7, 11) is 0. The summed E-state index contributed by atoms with van der Waals surface area (Å²) in [4.78, 5) is 42.8. The Morgan fingerprint density at radius 2 is 0.654 bits per heavy atom. The molecule has 127 heavy (non-hydrogen) atoms. The van der Waals surface area contributed by atoms with E-state index in [1.165, 1.54) is 39.1 Å². The summed E-state index contributed by atoms with van der Waals surface area (Å²) < 4.78 is 47.8. The average molecular weight is 1640 g/mol. The second-order valence-electron chi connectivity index (χ2n) is 31.2. The third kappa shape index (κ3) is 14.5. The number of aromatic nitrogens is 12. The molecular formula is C112H71F3N12. The minimum absolute atomic E-state index is 0.463. The summed E-state index contributed by atoms with van der Waals surface area (Å²) in [6.07, 6.45) is 7.98. The molecule has 0 N–H and O–H groups in total. The summed E-state index contributed by atoms with van der Waals surface area (Å²) in [5.41, 5.74) is 25.6. The highest BCUT2D eigenvalue weighted by Gasteiger charge is 2.32. The lowest BCUT2D eigenvalue weighted by atomic mass is 9.97. The molecule has 12 aromatic heterocycles. The zero-order chi connectivity index (χ0) is 84.9. The predicted octanol–water partition coefficient (Wildman–Crippen LogP) is 28.4. The largest absolute Gasteiger partial charge is 0.416 e. The Hall–Kier alpha value is -17.0. The van der Waals surface area contributed by atoms with Crippen LogP contribution in [0.15, 0.2) is 432 Å². The molecule has 12 aromatic carbocycles. The molecule has 24 rings (SSSR count). The molecule has 0 radical (unpaired) electrons. The maximum Gasteiger partial charge on any atom is 0.416 e. The molecule has 0 spiro atoms. The first-order valence-electron chi connectivity index (χ1n) is 41.8. The Bertz CT molecular complexity index is 8220. The maximum absolute atomic E-state index is 13.8. The molecule has 0 saturated heterocycles. The molecule has 0 amide bonds. The molecule has 600 valence electrons. The molecule has 0 bridgehead atoms. The molecule has 15 heteroatoms. The lowest BCUT2D eigenvalue weighted by Crippen LogP contribution is -2.05. The molecule has 0 fully saturated rings. The summed E-state index contributed by atoms with van der Waals surface area (Å²) in [6.45, 7) is 0. The zero-order valence-corrected chi connectivity index (χ0v) is 68.0. The summed E-state index contributed by atoms with van der Waals surface area (Å²) >= 11 is 0. The van der Waals surface area contributed by atoms with Crippen molar-refractivity contribution in [3.8, 4) is 118 Å². The van der Waals surface area contributed by atoms with Gasteiger partial charge < -0.3 is 9.13 Å². The van der Waals surface area contributed by atoms with Gasteiger partial charge in [0.1, 0.15) is 5.65 Å². The normalized spacial score (nSPS) is 11.6. The van der Waals surface area contributed by atoms with Crippen LogP contribution in [0, 0.1) is 0 Å². The summed E-state index contributed by atoms with van der Waals surface area (Å²) in [5, 5.41) is 12.0. The van der Waals surface area contributed by atoms with Crippen molar-refractivity contribution in [2.24, 2.45) is 0 Å². The molecule has 0 aliphatic rings. The lowest BCUT2D eigenvalue weighted by molar-refractivity contribution is -0.137. The van der Waals surface area contributed by atoms with E-state index in [-0.39, 0.29) is 0 Å². The number of alkyl halides is 3. The highest BCUT2D eigenvalue weighted by Crippen LogP contribution is 2.43. The van der Waals surface area contributed by atoms with Crippen LogP contribution in [0.4, 0.5) is 13.2 Å². The van der Waals surface area contributed by atoms with Crippen LogP contribution < -0.4 is 0 Å². The molecule has 0 atom stereocenters. The van der Waals surface area contributed by atoms with Gasteiger partial charge >= 0.3 is 6.18 Å². The second-order valence-corrected chi connectivity index (χ2v) is 31.2. The third-order valence-electron chi connectivity index (χ3n) is 23.5. The molecule has 0 unspecified atom stereocenters. The van der Waals surface area contributed by atoms with E-state index in [1.54, 1.807) is 18.6 Å². The number of hydrogen-bond acceptors (Lipinski definition) is 9. The quantitative estimate of drug-likeness (QED) is 0.117. The molecule has 0 aliphatic carbocycles. The van der Waals surface area contributed by atoms with Crippen LogP contribution in [0.1, 0.15) is 5.56 Å². The van der Waals surface area contributed by atoms with Gasteiger partial charge in [-0.1, -0.05) is 218 Å². The molecule has 0 saturated carbocycles. The number of rotatable bonds is 12. The van der Waals surface area contributed by atoms with Gasteiger partial charge in [0.15, 0.2) is 0 Å². The number of benzene rings is 12. The van der Waals surface area contributed by atoms with Gasteiger partial charge in [-0.25, -0.2) is 19.9 Å². The molecular weight excluding hydrogens is 1570 g/mol. The fraction of sp³-hybridized carbons (Fsp3) is 0.00893. The number of fused-ring (bicyclic) bond motifs is 12. The van der Waals surface area contributed by atoms with E-state index in [2.05, 4.69) is 278 Å². The van der Waals surface area contributed by atoms with E-state index in [0.717, 1.165) is 185 Å². The molecule has 24 aromatic rings. The van der Waals surface area contributed by atoms with Gasteiger partial charge in [-0.15, -0.1) is 0 Å². The second kappa shape index (κ2) is 32.4. The predicted molar refractivity (Wildman–Crippen MR) is 509 cm³/mol. The fourth-order valence-electron chi connectivity index (χ4n) is 17.6. The van der Waals surface area contributed by atoms with Gasteiger partial charge in [-0.05, 0) is 236 Å². The number of para-hydroxylation sites is 2. The van der Waals surface area contributed by atoms with Crippen molar-refractivity contribution in [1.29, 1.82) is 0 Å². The maximum atomic E-state index is 13.8. The monoisotopic (exact) mass is 1640 g/mol. The van der Waals surface area contributed by atoms with E-state index in [1.807, 2.05) is 151 Å². The number of hydrogen-bond donors (Lipinski definition) is 0. The molecule has 12 nitrogen and oxygen atoms in total. The summed E-state index contributed by atoms with van der Waals surface area (Å²) in [5.74, 6) is 0. The highest BCUT2D eigenvalue weighted by atomic mass is 19.4. The number of halogens is 3. The first kappa shape index (κ1) is 76.1. The van der Waals surface area contributed by atoms with Crippen LogP contribution in [0.25, 0.3) is 216 Å². The van der Waals surface area contributed by atoms with Crippen molar-refractivity contribution >= 4 is 98.0 Å². The van der Waals surface area contributed by atoms with Gasteiger partial charge in [0.2, 0.25) is 0 Å². The van der Waals surface area contributed by atoms with Gasteiger partial charge in [-0.3, -0.25) is 29.5 Å². The Morgan fingerprint density at radius 1 is 0.213 bits per heavy atom. The topological polar surface area (TPSA) is 131 Å². The van der Waals surface area contributed by atoms with Crippen molar-refractivity contribution in [2.75, 3.05) is 0 Å². The smallest absolute Gasteiger partial charge is 0.309 e. The van der Waals surface area contributed by atoms with Crippen molar-refractivity contribution in [1.82, 2.24) is 58.6 Å². The first-order chi connectivity index (χ1) is 62.6. The average Bonchev–Trinajstić information content (AvgIpc) is 1.58. The minimum Gasteiger partial charge on any atom is -0.309 e. The van der Waals surface area contributed by atoms with Crippen LogP contribution >= 0.6 is 0 Å². The lowest BCUT2D eigenvalue weighted by Gasteiger charge is -2.14. The zero-order valence-electron chi connectivity index (χ0n) is 68.0. The molecule has 0 aliphatic heterocycles. The van der Waals surface area contributed by atoms with Gasteiger partial charge in [-0.2, -0.15) is 13.2 Å². The van der Waals surface area contributed by atoms with Crippen LogP contribution in [-0.4, -0.2) is 58.6 Å². The minimum atomic E-state index is -4.47. The van der Waals surface area contributed by atoms with Gasteiger partial charge in [0, 0.05) is 104 Å². The number of pyridine rings is 9. The third-order valence-corrected chi connectivity index (χ3v) is 23.5. The van der Waals surface area contributed by atoms with E-state index in [9.17, 15) is 13.2 Å². The Kier molecular flexibility index (Phi) is 19.4. The highest BCUT2D eigenvalue weighted by molar-refractivity contribution is 6.11.